The maximum absolute atomic E-state index is 12.9. The summed E-state index contributed by atoms with van der Waals surface area (Å²) in [5, 5.41) is 13.3. The molecule has 0 saturated heterocycles. The number of nitro groups is 1. The van der Waals surface area contributed by atoms with E-state index in [1.807, 2.05) is 0 Å². The van der Waals surface area contributed by atoms with E-state index in [-0.39, 0.29) is 17.1 Å². The van der Waals surface area contributed by atoms with Crippen molar-refractivity contribution >= 4 is 17.4 Å². The second-order valence-electron chi connectivity index (χ2n) is 4.03. The lowest BCUT2D eigenvalue weighted by atomic mass is 10.1. The Balaban J connectivity index is 2.35. The molecule has 0 atom stereocenters. The molecule has 20 heavy (non-hydrogen) atoms. The van der Waals surface area contributed by atoms with Gasteiger partial charge in [-0.15, -0.1) is 0 Å². The van der Waals surface area contributed by atoms with Crippen LogP contribution in [-0.4, -0.2) is 15.8 Å². The fourth-order valence-electron chi connectivity index (χ4n) is 1.75. The molecule has 1 heterocycles. The Kier molecular flexibility index (Phi) is 3.69. The van der Waals surface area contributed by atoms with Gasteiger partial charge in [-0.05, 0) is 25.1 Å². The standard InChI is InChI=1S/C13H10FN3O3/c1-8-4-2-5-9(12(8)17(19)20)13(18)16-11-7-3-6-10(14)15-11/h2-7H,1H3,(H,15,16,18). The molecule has 6 nitrogen and oxygen atoms in total. The highest BCUT2D eigenvalue weighted by Crippen LogP contribution is 2.23. The van der Waals surface area contributed by atoms with Gasteiger partial charge in [-0.3, -0.25) is 14.9 Å². The number of aryl methyl sites for hydroxylation is 1. The predicted molar refractivity (Wildman–Crippen MR) is 70.0 cm³/mol. The molecule has 0 radical (unpaired) electrons. The Morgan fingerprint density at radius 2 is 2.00 bits per heavy atom. The van der Waals surface area contributed by atoms with Gasteiger partial charge < -0.3 is 5.32 Å². The van der Waals surface area contributed by atoms with Gasteiger partial charge in [0, 0.05) is 5.56 Å². The molecule has 7 heteroatoms. The van der Waals surface area contributed by atoms with Crippen LogP contribution in [0.2, 0.25) is 0 Å². The minimum Gasteiger partial charge on any atom is -0.306 e. The minimum atomic E-state index is -0.749. The first-order chi connectivity index (χ1) is 9.49. The lowest BCUT2D eigenvalue weighted by Crippen LogP contribution is -2.15. The van der Waals surface area contributed by atoms with Crippen LogP contribution in [0.3, 0.4) is 0 Å². The van der Waals surface area contributed by atoms with Crippen molar-refractivity contribution in [2.24, 2.45) is 0 Å². The van der Waals surface area contributed by atoms with Crippen molar-refractivity contribution in [3.05, 3.63) is 63.6 Å². The van der Waals surface area contributed by atoms with E-state index in [0.717, 1.165) is 6.07 Å². The average Bonchev–Trinajstić information content (AvgIpc) is 2.37. The van der Waals surface area contributed by atoms with Gasteiger partial charge in [0.15, 0.2) is 0 Å². The number of nitrogens with zero attached hydrogens (tertiary/aromatic N) is 2. The van der Waals surface area contributed by atoms with E-state index in [1.165, 1.54) is 37.3 Å². The first-order valence-electron chi connectivity index (χ1n) is 5.67. The summed E-state index contributed by atoms with van der Waals surface area (Å²) in [5.41, 5.74) is -0.00249. The smallest absolute Gasteiger partial charge is 0.285 e. The summed E-state index contributed by atoms with van der Waals surface area (Å²) in [6.07, 6.45) is 0. The predicted octanol–water partition coefficient (Wildman–Crippen LogP) is 2.69. The Morgan fingerprint density at radius 1 is 1.30 bits per heavy atom. The molecule has 1 amide bonds. The largest absolute Gasteiger partial charge is 0.306 e. The van der Waals surface area contributed by atoms with Crippen LogP contribution in [0.15, 0.2) is 36.4 Å². The molecule has 1 N–H and O–H groups in total. The van der Waals surface area contributed by atoms with Gasteiger partial charge >= 0.3 is 0 Å². The normalized spacial score (nSPS) is 10.1. The quantitative estimate of drug-likeness (QED) is 0.530. The van der Waals surface area contributed by atoms with E-state index in [0.29, 0.717) is 5.56 Å². The summed E-state index contributed by atoms with van der Waals surface area (Å²) >= 11 is 0. The first-order valence-corrected chi connectivity index (χ1v) is 5.67. The number of pyridine rings is 1. The van der Waals surface area contributed by atoms with Gasteiger partial charge in [-0.2, -0.15) is 4.39 Å². The number of benzene rings is 1. The van der Waals surface area contributed by atoms with Crippen molar-refractivity contribution in [3.63, 3.8) is 0 Å². The highest BCUT2D eigenvalue weighted by atomic mass is 19.1. The van der Waals surface area contributed by atoms with Gasteiger partial charge in [0.2, 0.25) is 5.95 Å². The highest BCUT2D eigenvalue weighted by Gasteiger charge is 2.22. The van der Waals surface area contributed by atoms with Crippen LogP contribution >= 0.6 is 0 Å². The zero-order chi connectivity index (χ0) is 14.7. The molecule has 0 bridgehead atoms. The van der Waals surface area contributed by atoms with Crippen LogP contribution < -0.4 is 5.32 Å². The van der Waals surface area contributed by atoms with Gasteiger partial charge in [-0.1, -0.05) is 18.2 Å². The molecule has 1 aromatic carbocycles. The van der Waals surface area contributed by atoms with Crippen LogP contribution in [0, 0.1) is 23.0 Å². The topological polar surface area (TPSA) is 85.1 Å². The van der Waals surface area contributed by atoms with Gasteiger partial charge in [0.05, 0.1) is 4.92 Å². The van der Waals surface area contributed by atoms with E-state index in [2.05, 4.69) is 10.3 Å². The number of nitrogens with one attached hydrogen (secondary N) is 1. The number of carbonyl (C=O) groups is 1. The number of carbonyl (C=O) groups excluding carboxylic acids is 1. The van der Waals surface area contributed by atoms with Crippen molar-refractivity contribution < 1.29 is 14.1 Å². The summed E-state index contributed by atoms with van der Waals surface area (Å²) < 4.78 is 12.9. The monoisotopic (exact) mass is 275 g/mol. The zero-order valence-corrected chi connectivity index (χ0v) is 10.5. The van der Waals surface area contributed by atoms with Crippen LogP contribution in [0.25, 0.3) is 0 Å². The third-order valence-corrected chi connectivity index (χ3v) is 2.62. The Hall–Kier alpha value is -2.83. The summed E-state index contributed by atoms with van der Waals surface area (Å²) in [6, 6.07) is 8.31. The molecule has 2 aromatic rings. The maximum Gasteiger partial charge on any atom is 0.285 e. The lowest BCUT2D eigenvalue weighted by Gasteiger charge is -2.06. The molecule has 0 aliphatic heterocycles. The van der Waals surface area contributed by atoms with Gasteiger partial charge in [0.25, 0.3) is 11.6 Å². The minimum absolute atomic E-state index is 0.00851. The number of hydrogen-bond donors (Lipinski definition) is 1. The summed E-state index contributed by atoms with van der Waals surface area (Å²) in [7, 11) is 0. The average molecular weight is 275 g/mol. The molecular weight excluding hydrogens is 265 g/mol. The van der Waals surface area contributed by atoms with E-state index < -0.39 is 16.8 Å². The first kappa shape index (κ1) is 13.6. The molecular formula is C13H10FN3O3. The molecule has 1 aromatic heterocycles. The third kappa shape index (κ3) is 2.77. The summed E-state index contributed by atoms with van der Waals surface area (Å²) in [6.45, 7) is 1.54. The number of anilines is 1. The van der Waals surface area contributed by atoms with E-state index >= 15 is 0 Å². The second kappa shape index (κ2) is 5.43. The number of rotatable bonds is 3. The van der Waals surface area contributed by atoms with Gasteiger partial charge in [0.1, 0.15) is 11.4 Å². The Morgan fingerprint density at radius 3 is 2.65 bits per heavy atom. The SMILES string of the molecule is Cc1cccc(C(=O)Nc2cccc(F)n2)c1[N+](=O)[O-]. The molecule has 0 unspecified atom stereocenters. The lowest BCUT2D eigenvalue weighted by molar-refractivity contribution is -0.385. The number of nitro benzene ring substituents is 1. The number of para-hydroxylation sites is 1. The molecule has 0 spiro atoms. The van der Waals surface area contributed by atoms with Crippen molar-refractivity contribution in [3.8, 4) is 0 Å². The van der Waals surface area contributed by atoms with Crippen molar-refractivity contribution in [1.82, 2.24) is 4.98 Å². The van der Waals surface area contributed by atoms with E-state index in [4.69, 9.17) is 0 Å². The molecule has 102 valence electrons. The summed E-state index contributed by atoms with van der Waals surface area (Å²) in [5.74, 6) is -1.47. The number of aromatic nitrogens is 1. The maximum atomic E-state index is 12.9. The Bertz CT molecular complexity index is 688. The van der Waals surface area contributed by atoms with Crippen LogP contribution in [0.4, 0.5) is 15.9 Å². The fourth-order valence-corrected chi connectivity index (χ4v) is 1.75. The number of amides is 1. The fraction of sp³-hybridized carbons (Fsp3) is 0.0769. The van der Waals surface area contributed by atoms with Crippen molar-refractivity contribution in [1.29, 1.82) is 0 Å². The summed E-state index contributed by atoms with van der Waals surface area (Å²) in [4.78, 5) is 25.9. The second-order valence-corrected chi connectivity index (χ2v) is 4.03. The van der Waals surface area contributed by atoms with Crippen LogP contribution in [0.5, 0.6) is 0 Å². The van der Waals surface area contributed by atoms with Crippen molar-refractivity contribution in [2.45, 2.75) is 6.92 Å². The highest BCUT2D eigenvalue weighted by molar-refractivity contribution is 6.06. The van der Waals surface area contributed by atoms with Gasteiger partial charge in [-0.25, -0.2) is 4.98 Å². The molecule has 2 rings (SSSR count). The molecule has 0 fully saturated rings. The Labute approximate surface area is 113 Å². The number of hydrogen-bond acceptors (Lipinski definition) is 4. The van der Waals surface area contributed by atoms with Crippen LogP contribution in [0.1, 0.15) is 15.9 Å². The molecule has 0 saturated carbocycles. The van der Waals surface area contributed by atoms with Crippen LogP contribution in [-0.2, 0) is 0 Å². The van der Waals surface area contributed by atoms with Crippen molar-refractivity contribution in [2.75, 3.05) is 5.32 Å². The van der Waals surface area contributed by atoms with E-state index in [9.17, 15) is 19.3 Å². The number of halogens is 1. The third-order valence-electron chi connectivity index (χ3n) is 2.62. The zero-order valence-electron chi connectivity index (χ0n) is 10.5. The molecule has 0 aliphatic rings. The van der Waals surface area contributed by atoms with E-state index in [1.54, 1.807) is 0 Å². The molecule has 0 aliphatic carbocycles.